The Bertz CT molecular complexity index is 1400. The summed E-state index contributed by atoms with van der Waals surface area (Å²) < 4.78 is 2.04. The van der Waals surface area contributed by atoms with Crippen LogP contribution in [0, 0.1) is 11.8 Å². The predicted molar refractivity (Wildman–Crippen MR) is 179 cm³/mol. The summed E-state index contributed by atoms with van der Waals surface area (Å²) in [6, 6.07) is 6.32. The quantitative estimate of drug-likeness (QED) is 0.317. The molecule has 1 aromatic heterocycles. The Morgan fingerprint density at radius 2 is 1.39 bits per heavy atom. The summed E-state index contributed by atoms with van der Waals surface area (Å²) in [5.41, 5.74) is 5.01. The normalized spacial score (nSPS) is 21.4. The van der Waals surface area contributed by atoms with Crippen LogP contribution in [0.5, 0.6) is 0 Å². The topological polar surface area (TPSA) is 73.8 Å². The Labute approximate surface area is 282 Å². The average Bonchev–Trinajstić information content (AvgIpc) is 3.18. The number of rotatable bonds is 5. The Balaban J connectivity index is 1.03. The highest BCUT2D eigenvalue weighted by molar-refractivity contribution is 9.10. The second-order valence-electron chi connectivity index (χ2n) is 13.0. The molecule has 0 spiro atoms. The van der Waals surface area contributed by atoms with E-state index in [0.29, 0.717) is 25.4 Å². The second kappa shape index (κ2) is 14.2. The molecule has 1 atom stereocenters. The molecular formula is C34H41Br2ClN4O3. The van der Waals surface area contributed by atoms with Crippen molar-refractivity contribution in [2.45, 2.75) is 76.5 Å². The molecule has 3 saturated heterocycles. The molecule has 0 unspecified atom stereocenters. The standard InChI is InChI=1S/C34H41Br2ClN4O3/c35-26-17-25-5-4-24-18-27(37)19-28(36)32(24)33(34(25)38-21-26)23-8-14-41(15-9-23)29(42)16-22-6-12-40(13-7-22)31(44)20-30(43)39-10-2-1-3-11-39/h17-19,21-23,33H,1-16,20H2/t33-/m1/s1. The van der Waals surface area contributed by atoms with Gasteiger partial charge in [-0.05, 0) is 120 Å². The Hall–Kier alpha value is -1.97. The van der Waals surface area contributed by atoms with Crippen molar-refractivity contribution in [2.24, 2.45) is 11.8 Å². The SMILES string of the molecule is O=C(CC(=O)N1CCC(CC(=O)N2CCC([C@H]3c4ncc(Br)cc4CCc4cc(Cl)cc(Br)c43)CC2)CC1)N1CCCCC1. The smallest absolute Gasteiger partial charge is 0.232 e. The summed E-state index contributed by atoms with van der Waals surface area (Å²) in [5.74, 6) is 0.943. The third kappa shape index (κ3) is 7.20. The van der Waals surface area contributed by atoms with Crippen molar-refractivity contribution >= 4 is 61.2 Å². The van der Waals surface area contributed by atoms with E-state index in [9.17, 15) is 14.4 Å². The number of amides is 3. The minimum atomic E-state index is -0.0650. The van der Waals surface area contributed by atoms with Crippen LogP contribution in [0.25, 0.3) is 0 Å². The highest BCUT2D eigenvalue weighted by Crippen LogP contribution is 2.46. The zero-order valence-corrected chi connectivity index (χ0v) is 29.1. The van der Waals surface area contributed by atoms with E-state index in [-0.39, 0.29) is 36.0 Å². The molecule has 6 rings (SSSR count). The number of nitrogens with zero attached hydrogens (tertiary/aromatic N) is 4. The number of aromatic nitrogens is 1. The van der Waals surface area contributed by atoms with Gasteiger partial charge in [0.2, 0.25) is 17.7 Å². The number of halogens is 3. The number of fused-ring (bicyclic) bond motifs is 2. The lowest BCUT2D eigenvalue weighted by Crippen LogP contribution is -2.44. The summed E-state index contributed by atoms with van der Waals surface area (Å²) in [4.78, 5) is 49.5. The number of hydrogen-bond donors (Lipinski definition) is 0. The van der Waals surface area contributed by atoms with Crippen LogP contribution in [0.1, 0.15) is 86.1 Å². The summed E-state index contributed by atoms with van der Waals surface area (Å²) >= 11 is 13.9. The van der Waals surface area contributed by atoms with Gasteiger partial charge in [-0.25, -0.2) is 0 Å². The van der Waals surface area contributed by atoms with Crippen molar-refractivity contribution in [3.8, 4) is 0 Å². The third-order valence-corrected chi connectivity index (χ3v) is 11.5. The molecule has 7 nitrogen and oxygen atoms in total. The van der Waals surface area contributed by atoms with E-state index < -0.39 is 0 Å². The number of benzene rings is 1. The van der Waals surface area contributed by atoms with E-state index in [1.165, 1.54) is 16.7 Å². The molecule has 236 valence electrons. The van der Waals surface area contributed by atoms with Gasteiger partial charge in [-0.15, -0.1) is 0 Å². The van der Waals surface area contributed by atoms with Crippen LogP contribution < -0.4 is 0 Å². The van der Waals surface area contributed by atoms with Crippen molar-refractivity contribution in [1.29, 1.82) is 0 Å². The van der Waals surface area contributed by atoms with Crippen LogP contribution in [0.3, 0.4) is 0 Å². The fourth-order valence-corrected chi connectivity index (χ4v) is 9.27. The molecular weight excluding hydrogens is 708 g/mol. The summed E-state index contributed by atoms with van der Waals surface area (Å²) in [6.45, 7) is 4.32. The zero-order valence-electron chi connectivity index (χ0n) is 25.2. The van der Waals surface area contributed by atoms with Gasteiger partial charge in [-0.2, -0.15) is 0 Å². The second-order valence-corrected chi connectivity index (χ2v) is 15.2. The van der Waals surface area contributed by atoms with Gasteiger partial charge < -0.3 is 14.7 Å². The van der Waals surface area contributed by atoms with E-state index in [2.05, 4.69) is 48.9 Å². The molecule has 3 amide bonds. The summed E-state index contributed by atoms with van der Waals surface area (Å²) in [6.07, 6.45) is 11.0. The van der Waals surface area contributed by atoms with Gasteiger partial charge in [0.05, 0.1) is 5.69 Å². The van der Waals surface area contributed by atoms with Gasteiger partial charge in [0.15, 0.2) is 0 Å². The van der Waals surface area contributed by atoms with Crippen molar-refractivity contribution in [1.82, 2.24) is 19.7 Å². The van der Waals surface area contributed by atoms with Crippen LogP contribution in [0.2, 0.25) is 5.02 Å². The minimum Gasteiger partial charge on any atom is -0.343 e. The molecule has 4 heterocycles. The fraction of sp³-hybridized carbons (Fsp3) is 0.588. The molecule has 4 aliphatic rings. The Morgan fingerprint density at radius 3 is 2.09 bits per heavy atom. The van der Waals surface area contributed by atoms with Crippen molar-refractivity contribution in [2.75, 3.05) is 39.3 Å². The van der Waals surface area contributed by atoms with Crippen molar-refractivity contribution in [3.05, 3.63) is 60.7 Å². The maximum absolute atomic E-state index is 13.4. The average molecular weight is 749 g/mol. The zero-order chi connectivity index (χ0) is 30.8. The molecule has 2 aromatic rings. The number of carbonyl (C=O) groups is 3. The molecule has 3 fully saturated rings. The molecule has 44 heavy (non-hydrogen) atoms. The van der Waals surface area contributed by atoms with Crippen LogP contribution >= 0.6 is 43.5 Å². The van der Waals surface area contributed by atoms with E-state index >= 15 is 0 Å². The van der Waals surface area contributed by atoms with E-state index in [0.717, 1.165) is 104 Å². The maximum atomic E-state index is 13.4. The third-order valence-electron chi connectivity index (χ3n) is 10.2. The lowest BCUT2D eigenvalue weighted by atomic mass is 9.76. The number of aryl methyl sites for hydroxylation is 2. The molecule has 0 radical (unpaired) electrons. The van der Waals surface area contributed by atoms with Gasteiger partial charge >= 0.3 is 0 Å². The number of piperidine rings is 3. The lowest BCUT2D eigenvalue weighted by Gasteiger charge is -2.38. The van der Waals surface area contributed by atoms with Crippen LogP contribution in [-0.4, -0.2) is 76.7 Å². The van der Waals surface area contributed by atoms with Crippen molar-refractivity contribution in [3.63, 3.8) is 0 Å². The monoisotopic (exact) mass is 746 g/mol. The van der Waals surface area contributed by atoms with Gasteiger partial charge in [0, 0.05) is 71.8 Å². The summed E-state index contributed by atoms with van der Waals surface area (Å²) in [5, 5.41) is 0.746. The molecule has 0 N–H and O–H groups in total. The number of likely N-dealkylation sites (tertiary alicyclic amines) is 3. The molecule has 3 aliphatic heterocycles. The first kappa shape index (κ1) is 32.0. The molecule has 0 bridgehead atoms. The largest absolute Gasteiger partial charge is 0.343 e. The molecule has 0 saturated carbocycles. The van der Waals surface area contributed by atoms with E-state index in [1.54, 1.807) is 0 Å². The molecule has 1 aliphatic carbocycles. The maximum Gasteiger partial charge on any atom is 0.232 e. The number of carbonyl (C=O) groups excluding carboxylic acids is 3. The highest BCUT2D eigenvalue weighted by Gasteiger charge is 2.37. The van der Waals surface area contributed by atoms with Gasteiger partial charge in [0.25, 0.3) is 0 Å². The molecule has 1 aromatic carbocycles. The van der Waals surface area contributed by atoms with Crippen LogP contribution in [0.15, 0.2) is 33.3 Å². The van der Waals surface area contributed by atoms with E-state index in [1.807, 2.05) is 22.1 Å². The number of hydrogen-bond acceptors (Lipinski definition) is 4. The van der Waals surface area contributed by atoms with Gasteiger partial charge in [-0.3, -0.25) is 19.4 Å². The predicted octanol–water partition coefficient (Wildman–Crippen LogP) is 6.76. The lowest BCUT2D eigenvalue weighted by molar-refractivity contribution is -0.141. The van der Waals surface area contributed by atoms with Crippen molar-refractivity contribution < 1.29 is 14.4 Å². The minimum absolute atomic E-state index is 0.0229. The van der Waals surface area contributed by atoms with Crippen LogP contribution in [0.4, 0.5) is 0 Å². The fourth-order valence-electron chi connectivity index (χ4n) is 7.77. The first-order valence-corrected chi connectivity index (χ1v) is 18.2. The molecule has 10 heteroatoms. The van der Waals surface area contributed by atoms with Crippen LogP contribution in [-0.2, 0) is 27.2 Å². The first-order valence-electron chi connectivity index (χ1n) is 16.2. The Morgan fingerprint density at radius 1 is 0.773 bits per heavy atom. The van der Waals surface area contributed by atoms with Gasteiger partial charge in [0.1, 0.15) is 6.42 Å². The van der Waals surface area contributed by atoms with Gasteiger partial charge in [-0.1, -0.05) is 27.5 Å². The first-order chi connectivity index (χ1) is 21.3. The summed E-state index contributed by atoms with van der Waals surface area (Å²) in [7, 11) is 0. The highest BCUT2D eigenvalue weighted by atomic mass is 79.9. The Kier molecular flexibility index (Phi) is 10.3. The number of pyridine rings is 1. The van der Waals surface area contributed by atoms with E-state index in [4.69, 9.17) is 16.6 Å².